The third-order valence-electron chi connectivity index (χ3n) is 1.62. The summed E-state index contributed by atoms with van der Waals surface area (Å²) in [5.74, 6) is -2.74. The maximum atomic E-state index is 12.8. The molecule has 1 heterocycles. The van der Waals surface area contributed by atoms with Gasteiger partial charge in [0.25, 0.3) is 0 Å². The van der Waals surface area contributed by atoms with Gasteiger partial charge in [0.2, 0.25) is 5.95 Å². The molecule has 0 fully saturated rings. The van der Waals surface area contributed by atoms with Crippen LogP contribution in [-0.4, -0.2) is 16.6 Å². The summed E-state index contributed by atoms with van der Waals surface area (Å²) in [6, 6.07) is 0.937. The molecule has 0 bridgehead atoms. The van der Waals surface area contributed by atoms with Crippen LogP contribution in [0.15, 0.2) is 12.3 Å². The molecule has 0 aliphatic heterocycles. The normalized spacial score (nSPS) is 11.3. The Morgan fingerprint density at radius 2 is 2.06 bits per heavy atom. The fourth-order valence-corrected chi connectivity index (χ4v) is 1.10. The molecular formula is C11H13F2NO2. The lowest BCUT2D eigenvalue weighted by molar-refractivity contribution is -0.153. The summed E-state index contributed by atoms with van der Waals surface area (Å²) in [6.45, 7) is 5.19. The molecule has 0 N–H and O–H groups in total. The van der Waals surface area contributed by atoms with Crippen molar-refractivity contribution in [3.05, 3.63) is 29.6 Å². The van der Waals surface area contributed by atoms with Crippen LogP contribution in [0.1, 0.15) is 26.3 Å². The molecule has 3 nitrogen and oxygen atoms in total. The van der Waals surface area contributed by atoms with Crippen molar-refractivity contribution in [3.63, 3.8) is 0 Å². The summed E-state index contributed by atoms with van der Waals surface area (Å²) >= 11 is 0. The zero-order chi connectivity index (χ0) is 12.3. The molecule has 0 atom stereocenters. The lowest BCUT2D eigenvalue weighted by Gasteiger charge is -2.19. The van der Waals surface area contributed by atoms with Crippen LogP contribution in [0.3, 0.4) is 0 Å². The number of pyridine rings is 1. The van der Waals surface area contributed by atoms with E-state index in [0.29, 0.717) is 0 Å². The lowest BCUT2D eigenvalue weighted by Crippen LogP contribution is -2.25. The van der Waals surface area contributed by atoms with Crippen molar-refractivity contribution in [1.82, 2.24) is 4.98 Å². The van der Waals surface area contributed by atoms with Gasteiger partial charge >= 0.3 is 5.97 Å². The van der Waals surface area contributed by atoms with Crippen LogP contribution < -0.4 is 0 Å². The zero-order valence-electron chi connectivity index (χ0n) is 9.38. The van der Waals surface area contributed by atoms with Gasteiger partial charge in [0.15, 0.2) is 5.82 Å². The molecule has 0 saturated carbocycles. The van der Waals surface area contributed by atoms with E-state index in [1.807, 2.05) is 0 Å². The number of carbonyl (C=O) groups is 1. The average molecular weight is 229 g/mol. The zero-order valence-corrected chi connectivity index (χ0v) is 9.38. The van der Waals surface area contributed by atoms with Crippen LogP contribution in [0.5, 0.6) is 0 Å². The van der Waals surface area contributed by atoms with Crippen molar-refractivity contribution in [3.8, 4) is 0 Å². The molecule has 0 aliphatic rings. The molecule has 16 heavy (non-hydrogen) atoms. The Labute approximate surface area is 92.4 Å². The van der Waals surface area contributed by atoms with E-state index < -0.39 is 23.3 Å². The summed E-state index contributed by atoms with van der Waals surface area (Å²) < 4.78 is 30.3. The van der Waals surface area contributed by atoms with Crippen molar-refractivity contribution < 1.29 is 18.3 Å². The molecule has 0 aromatic carbocycles. The summed E-state index contributed by atoms with van der Waals surface area (Å²) in [4.78, 5) is 14.5. The molecule has 0 unspecified atom stereocenters. The Balaban J connectivity index is 2.67. The van der Waals surface area contributed by atoms with Gasteiger partial charge in [-0.15, -0.1) is 0 Å². The molecule has 1 aromatic heterocycles. The van der Waals surface area contributed by atoms with Crippen molar-refractivity contribution in [2.24, 2.45) is 0 Å². The van der Waals surface area contributed by atoms with E-state index in [1.54, 1.807) is 20.8 Å². The summed E-state index contributed by atoms with van der Waals surface area (Å²) in [5.41, 5.74) is -0.309. The highest BCUT2D eigenvalue weighted by Crippen LogP contribution is 2.11. The van der Waals surface area contributed by atoms with Gasteiger partial charge < -0.3 is 4.74 Å². The maximum absolute atomic E-state index is 12.8. The molecule has 0 spiro atoms. The summed E-state index contributed by atoms with van der Waals surface area (Å²) in [5, 5.41) is 0. The average Bonchev–Trinajstić information content (AvgIpc) is 2.08. The number of nitrogens with zero attached hydrogens (tertiary/aromatic N) is 1. The first-order chi connectivity index (χ1) is 7.28. The lowest BCUT2D eigenvalue weighted by atomic mass is 10.1. The number of halogens is 2. The van der Waals surface area contributed by atoms with E-state index in [2.05, 4.69) is 4.98 Å². The summed E-state index contributed by atoms with van der Waals surface area (Å²) in [6.07, 6.45) is 0.990. The van der Waals surface area contributed by atoms with Gasteiger partial charge in [-0.25, -0.2) is 9.37 Å². The van der Waals surface area contributed by atoms with Crippen molar-refractivity contribution in [1.29, 1.82) is 0 Å². The topological polar surface area (TPSA) is 39.2 Å². The molecule has 5 heteroatoms. The standard InChI is InChI=1S/C11H13F2NO2/c1-11(2,3)16-9(15)5-7-4-8(12)10(13)14-6-7/h4,6H,5H2,1-3H3. The fraction of sp³-hybridized carbons (Fsp3) is 0.455. The first-order valence-corrected chi connectivity index (χ1v) is 4.80. The number of hydrogen-bond acceptors (Lipinski definition) is 3. The highest BCUT2D eigenvalue weighted by atomic mass is 19.2. The van der Waals surface area contributed by atoms with Crippen LogP contribution in [0, 0.1) is 11.8 Å². The molecule has 1 aromatic rings. The third-order valence-corrected chi connectivity index (χ3v) is 1.62. The van der Waals surface area contributed by atoms with E-state index in [0.717, 1.165) is 12.3 Å². The Morgan fingerprint density at radius 1 is 1.44 bits per heavy atom. The minimum atomic E-state index is -1.17. The second-order valence-corrected chi connectivity index (χ2v) is 4.38. The van der Waals surface area contributed by atoms with Crippen LogP contribution in [0.2, 0.25) is 0 Å². The van der Waals surface area contributed by atoms with Crippen LogP contribution in [0.25, 0.3) is 0 Å². The Morgan fingerprint density at radius 3 is 2.56 bits per heavy atom. The van der Waals surface area contributed by atoms with E-state index in [1.165, 1.54) is 0 Å². The molecule has 0 aliphatic carbocycles. The Hall–Kier alpha value is -1.52. The number of esters is 1. The number of ether oxygens (including phenoxy) is 1. The molecule has 0 saturated heterocycles. The van der Waals surface area contributed by atoms with Crippen molar-refractivity contribution >= 4 is 5.97 Å². The quantitative estimate of drug-likeness (QED) is 0.576. The predicted molar refractivity (Wildman–Crippen MR) is 53.7 cm³/mol. The van der Waals surface area contributed by atoms with Gasteiger partial charge in [-0.3, -0.25) is 4.79 Å². The predicted octanol–water partition coefficient (Wildman–Crippen LogP) is 2.24. The fourth-order valence-electron chi connectivity index (χ4n) is 1.10. The monoisotopic (exact) mass is 229 g/mol. The van der Waals surface area contributed by atoms with Gasteiger partial charge in [-0.2, -0.15) is 4.39 Å². The molecule has 0 amide bonds. The summed E-state index contributed by atoms with van der Waals surface area (Å²) in [7, 11) is 0. The van der Waals surface area contributed by atoms with Crippen molar-refractivity contribution in [2.45, 2.75) is 32.8 Å². The maximum Gasteiger partial charge on any atom is 0.310 e. The van der Waals surface area contributed by atoms with Gasteiger partial charge in [-0.1, -0.05) is 0 Å². The smallest absolute Gasteiger partial charge is 0.310 e. The Bertz CT molecular complexity index is 399. The van der Waals surface area contributed by atoms with Crippen LogP contribution in [0.4, 0.5) is 8.78 Å². The SMILES string of the molecule is CC(C)(C)OC(=O)Cc1cnc(F)c(F)c1. The van der Waals surface area contributed by atoms with E-state index in [9.17, 15) is 13.6 Å². The number of aromatic nitrogens is 1. The highest BCUT2D eigenvalue weighted by Gasteiger charge is 2.17. The number of hydrogen-bond donors (Lipinski definition) is 0. The number of carbonyl (C=O) groups excluding carboxylic acids is 1. The van der Waals surface area contributed by atoms with Crippen LogP contribution >= 0.6 is 0 Å². The molecule has 0 radical (unpaired) electrons. The van der Waals surface area contributed by atoms with Gasteiger partial charge in [0, 0.05) is 6.20 Å². The largest absolute Gasteiger partial charge is 0.460 e. The molecule has 88 valence electrons. The van der Waals surface area contributed by atoms with Gasteiger partial charge in [0.05, 0.1) is 6.42 Å². The van der Waals surface area contributed by atoms with Crippen molar-refractivity contribution in [2.75, 3.05) is 0 Å². The first-order valence-electron chi connectivity index (χ1n) is 4.80. The minimum Gasteiger partial charge on any atom is -0.460 e. The van der Waals surface area contributed by atoms with Crippen LogP contribution in [-0.2, 0) is 16.0 Å². The van der Waals surface area contributed by atoms with E-state index in [4.69, 9.17) is 4.74 Å². The first kappa shape index (κ1) is 12.5. The second-order valence-electron chi connectivity index (χ2n) is 4.38. The third kappa shape index (κ3) is 3.92. The minimum absolute atomic E-state index is 0.124. The second kappa shape index (κ2) is 4.55. The molecule has 1 rings (SSSR count). The number of rotatable bonds is 2. The molecular weight excluding hydrogens is 216 g/mol. The van der Waals surface area contributed by atoms with E-state index in [-0.39, 0.29) is 12.0 Å². The van der Waals surface area contributed by atoms with Gasteiger partial charge in [0.1, 0.15) is 5.60 Å². The highest BCUT2D eigenvalue weighted by molar-refractivity contribution is 5.72. The Kier molecular flexibility index (Phi) is 3.57. The van der Waals surface area contributed by atoms with E-state index >= 15 is 0 Å². The van der Waals surface area contributed by atoms with Gasteiger partial charge in [-0.05, 0) is 32.4 Å².